The average Bonchev–Trinajstić information content (AvgIpc) is 2.92. The van der Waals surface area contributed by atoms with Gasteiger partial charge in [-0.05, 0) is 65.7 Å². The van der Waals surface area contributed by atoms with Crippen molar-refractivity contribution in [1.82, 2.24) is 10.7 Å². The van der Waals surface area contributed by atoms with Gasteiger partial charge >= 0.3 is 18.0 Å². The van der Waals surface area contributed by atoms with E-state index in [1.165, 1.54) is 31.5 Å². The SMILES string of the molecule is COc1ccc(CNC(=O)C(=O)N/N=C\c2ccc(OCC(=O)Nc3ccc(Br)cc3C(F)(F)F)cc2)cc1. The van der Waals surface area contributed by atoms with Crippen LogP contribution in [-0.2, 0) is 27.1 Å². The third-order valence-electron chi connectivity index (χ3n) is 5.01. The first-order valence-corrected chi connectivity index (χ1v) is 12.0. The van der Waals surface area contributed by atoms with E-state index in [1.54, 1.807) is 36.4 Å². The lowest BCUT2D eigenvalue weighted by Crippen LogP contribution is -2.37. The maximum atomic E-state index is 13.2. The predicted molar refractivity (Wildman–Crippen MR) is 140 cm³/mol. The third-order valence-corrected chi connectivity index (χ3v) is 5.50. The number of hydrogen-bond donors (Lipinski definition) is 3. The van der Waals surface area contributed by atoms with Gasteiger partial charge < -0.3 is 20.1 Å². The van der Waals surface area contributed by atoms with Crippen LogP contribution in [0, 0.1) is 0 Å². The summed E-state index contributed by atoms with van der Waals surface area (Å²) in [5.74, 6) is -1.65. The molecular weight excluding hydrogens is 585 g/mol. The minimum absolute atomic E-state index is 0.145. The van der Waals surface area contributed by atoms with Gasteiger partial charge in [0.05, 0.1) is 24.6 Å². The van der Waals surface area contributed by atoms with E-state index >= 15 is 0 Å². The minimum atomic E-state index is -4.65. The third kappa shape index (κ3) is 9.14. The van der Waals surface area contributed by atoms with Gasteiger partial charge in [0.15, 0.2) is 6.61 Å². The second-order valence-corrected chi connectivity index (χ2v) is 8.74. The van der Waals surface area contributed by atoms with Crippen molar-refractivity contribution in [3.63, 3.8) is 0 Å². The molecule has 0 spiro atoms. The Morgan fingerprint density at radius 2 is 1.62 bits per heavy atom. The molecular formula is C26H22BrF3N4O5. The molecule has 9 nitrogen and oxygen atoms in total. The van der Waals surface area contributed by atoms with Crippen LogP contribution in [0.1, 0.15) is 16.7 Å². The first-order valence-electron chi connectivity index (χ1n) is 11.2. The summed E-state index contributed by atoms with van der Waals surface area (Å²) >= 11 is 2.98. The number of anilines is 1. The maximum absolute atomic E-state index is 13.2. The Balaban J connectivity index is 1.44. The normalized spacial score (nSPS) is 11.1. The van der Waals surface area contributed by atoms with Crippen molar-refractivity contribution < 1.29 is 37.0 Å². The molecule has 0 aromatic heterocycles. The van der Waals surface area contributed by atoms with Crippen LogP contribution < -0.4 is 25.5 Å². The number of benzene rings is 3. The van der Waals surface area contributed by atoms with Gasteiger partial charge in [0, 0.05) is 11.0 Å². The van der Waals surface area contributed by atoms with Crippen molar-refractivity contribution in [2.45, 2.75) is 12.7 Å². The molecule has 0 bridgehead atoms. The summed E-state index contributed by atoms with van der Waals surface area (Å²) in [4.78, 5) is 35.9. The molecule has 3 N–H and O–H groups in total. The van der Waals surface area contributed by atoms with Crippen LogP contribution in [0.4, 0.5) is 18.9 Å². The fourth-order valence-corrected chi connectivity index (χ4v) is 3.43. The van der Waals surface area contributed by atoms with Gasteiger partial charge in [0.1, 0.15) is 11.5 Å². The van der Waals surface area contributed by atoms with Crippen LogP contribution >= 0.6 is 15.9 Å². The van der Waals surface area contributed by atoms with E-state index in [0.29, 0.717) is 11.3 Å². The second kappa shape index (κ2) is 13.4. The van der Waals surface area contributed by atoms with Gasteiger partial charge in [-0.3, -0.25) is 14.4 Å². The zero-order valence-corrected chi connectivity index (χ0v) is 21.9. The van der Waals surface area contributed by atoms with Crippen molar-refractivity contribution in [1.29, 1.82) is 0 Å². The number of nitrogens with one attached hydrogen (secondary N) is 3. The summed E-state index contributed by atoms with van der Waals surface area (Å²) in [5, 5.41) is 8.39. The topological polar surface area (TPSA) is 118 Å². The van der Waals surface area contributed by atoms with Gasteiger partial charge in [0.25, 0.3) is 5.91 Å². The molecule has 3 rings (SSSR count). The molecule has 0 aliphatic carbocycles. The van der Waals surface area contributed by atoms with Crippen molar-refractivity contribution in [3.05, 3.63) is 87.9 Å². The van der Waals surface area contributed by atoms with E-state index in [0.717, 1.165) is 17.7 Å². The molecule has 0 saturated carbocycles. The van der Waals surface area contributed by atoms with Crippen LogP contribution in [0.15, 0.2) is 76.3 Å². The highest BCUT2D eigenvalue weighted by Crippen LogP contribution is 2.36. The number of hydrazone groups is 1. The number of halogens is 4. The molecule has 204 valence electrons. The molecule has 3 aromatic rings. The number of alkyl halides is 3. The number of methoxy groups -OCH3 is 1. The standard InChI is InChI=1S/C26H22BrF3N4O5/c1-38-19-7-2-16(3-8-19)13-31-24(36)25(37)34-32-14-17-4-9-20(10-5-17)39-15-23(35)33-22-11-6-18(27)12-21(22)26(28,29)30/h2-12,14H,13,15H2,1H3,(H,31,36)(H,33,35)(H,34,37)/b32-14-. The predicted octanol–water partition coefficient (Wildman–Crippen LogP) is 4.26. The van der Waals surface area contributed by atoms with E-state index in [4.69, 9.17) is 9.47 Å². The van der Waals surface area contributed by atoms with E-state index in [2.05, 4.69) is 37.1 Å². The molecule has 0 aliphatic heterocycles. The highest BCUT2D eigenvalue weighted by molar-refractivity contribution is 9.10. The molecule has 0 heterocycles. The van der Waals surface area contributed by atoms with Gasteiger partial charge in [-0.1, -0.05) is 28.1 Å². The number of amides is 3. The Bertz CT molecular complexity index is 1350. The van der Waals surface area contributed by atoms with Gasteiger partial charge in [0.2, 0.25) is 0 Å². The Labute approximate surface area is 229 Å². The smallest absolute Gasteiger partial charge is 0.418 e. The van der Waals surface area contributed by atoms with Crippen LogP contribution in [-0.4, -0.2) is 37.7 Å². The Hall–Kier alpha value is -4.39. The van der Waals surface area contributed by atoms with E-state index in [-0.39, 0.29) is 22.5 Å². The number of ether oxygens (including phenoxy) is 2. The van der Waals surface area contributed by atoms with Crippen LogP contribution in [0.5, 0.6) is 11.5 Å². The Kier molecular flexibility index (Phi) is 10.0. The van der Waals surface area contributed by atoms with E-state index in [9.17, 15) is 27.6 Å². The maximum Gasteiger partial charge on any atom is 0.418 e. The largest absolute Gasteiger partial charge is 0.497 e. The second-order valence-electron chi connectivity index (χ2n) is 7.82. The summed E-state index contributed by atoms with van der Waals surface area (Å²) in [5.41, 5.74) is 2.05. The van der Waals surface area contributed by atoms with Crippen molar-refractivity contribution in [2.24, 2.45) is 5.10 Å². The molecule has 0 aliphatic rings. The van der Waals surface area contributed by atoms with Crippen molar-refractivity contribution in [2.75, 3.05) is 19.0 Å². The number of rotatable bonds is 9. The summed E-state index contributed by atoms with van der Waals surface area (Å²) in [6, 6.07) is 16.5. The average molecular weight is 607 g/mol. The van der Waals surface area contributed by atoms with Crippen molar-refractivity contribution >= 4 is 45.6 Å². The van der Waals surface area contributed by atoms with Gasteiger partial charge in [-0.2, -0.15) is 18.3 Å². The lowest BCUT2D eigenvalue weighted by atomic mass is 10.1. The van der Waals surface area contributed by atoms with Gasteiger partial charge in [-0.15, -0.1) is 0 Å². The van der Waals surface area contributed by atoms with Crippen LogP contribution in [0.2, 0.25) is 0 Å². The van der Waals surface area contributed by atoms with E-state index in [1.807, 2.05) is 0 Å². The summed E-state index contributed by atoms with van der Waals surface area (Å²) < 4.78 is 50.2. The minimum Gasteiger partial charge on any atom is -0.497 e. The Morgan fingerprint density at radius 3 is 2.26 bits per heavy atom. The molecule has 0 unspecified atom stereocenters. The quantitative estimate of drug-likeness (QED) is 0.191. The van der Waals surface area contributed by atoms with Gasteiger partial charge in [-0.25, -0.2) is 5.43 Å². The number of nitrogens with zero attached hydrogens (tertiary/aromatic N) is 1. The van der Waals surface area contributed by atoms with Crippen molar-refractivity contribution in [3.8, 4) is 11.5 Å². The molecule has 3 aromatic carbocycles. The number of carbonyl (C=O) groups is 3. The zero-order valence-electron chi connectivity index (χ0n) is 20.3. The van der Waals surface area contributed by atoms with Crippen LogP contribution in [0.3, 0.4) is 0 Å². The summed E-state index contributed by atoms with van der Waals surface area (Å²) in [6.45, 7) is -0.380. The number of hydrogen-bond acceptors (Lipinski definition) is 6. The highest BCUT2D eigenvalue weighted by atomic mass is 79.9. The molecule has 39 heavy (non-hydrogen) atoms. The molecule has 0 radical (unpaired) electrons. The molecule has 13 heteroatoms. The molecule has 3 amide bonds. The summed E-state index contributed by atoms with van der Waals surface area (Å²) in [6.07, 6.45) is -3.36. The molecule has 0 saturated heterocycles. The first kappa shape index (κ1) is 29.2. The fourth-order valence-electron chi connectivity index (χ4n) is 3.07. The number of carbonyl (C=O) groups excluding carboxylic acids is 3. The molecule has 0 atom stereocenters. The first-order chi connectivity index (χ1) is 18.5. The summed E-state index contributed by atoms with van der Waals surface area (Å²) in [7, 11) is 1.54. The van der Waals surface area contributed by atoms with Crippen LogP contribution in [0.25, 0.3) is 0 Å². The zero-order chi connectivity index (χ0) is 28.4. The monoisotopic (exact) mass is 606 g/mol. The highest BCUT2D eigenvalue weighted by Gasteiger charge is 2.34. The fraction of sp³-hybridized carbons (Fsp3) is 0.154. The lowest BCUT2D eigenvalue weighted by molar-refractivity contribution is -0.139. The lowest BCUT2D eigenvalue weighted by Gasteiger charge is -2.14. The Morgan fingerprint density at radius 1 is 0.949 bits per heavy atom. The molecule has 0 fully saturated rings. The van der Waals surface area contributed by atoms with E-state index < -0.39 is 36.1 Å².